The van der Waals surface area contributed by atoms with Gasteiger partial charge in [0.25, 0.3) is 11.8 Å². The highest BCUT2D eigenvalue weighted by Crippen LogP contribution is 2.14. The molecule has 0 radical (unpaired) electrons. The fourth-order valence-electron chi connectivity index (χ4n) is 2.32. The van der Waals surface area contributed by atoms with Crippen molar-refractivity contribution in [2.75, 3.05) is 37.9 Å². The lowest BCUT2D eigenvalue weighted by atomic mass is 10.2. The molecule has 2 aromatic carbocycles. The van der Waals surface area contributed by atoms with Gasteiger partial charge >= 0.3 is 0 Å². The third-order valence-electron chi connectivity index (χ3n) is 3.60. The number of anilines is 2. The lowest BCUT2D eigenvalue weighted by Crippen LogP contribution is -3.11. The molecule has 0 spiro atoms. The van der Waals surface area contributed by atoms with Crippen molar-refractivity contribution in [3.05, 3.63) is 54.1 Å². The first-order valence-corrected chi connectivity index (χ1v) is 8.05. The predicted molar refractivity (Wildman–Crippen MR) is 98.0 cm³/mol. The second-order valence-electron chi connectivity index (χ2n) is 5.82. The summed E-state index contributed by atoms with van der Waals surface area (Å²) in [6, 6.07) is 15.7. The molecule has 2 aromatic rings. The summed E-state index contributed by atoms with van der Waals surface area (Å²) in [4.78, 5) is 24.9. The topological polar surface area (TPSA) is 95.7 Å². The van der Waals surface area contributed by atoms with E-state index >= 15 is 0 Å². The Morgan fingerprint density at radius 2 is 1.42 bits per heavy atom. The standard InChI is InChI=1S/C19H20N4O3/c1-23(12-18(24)21-15-5-3-14(11-20)4-6-15)13-19(25)22-16-7-9-17(26-2)10-8-16/h3-10H,12-13H2,1-2H3,(H,21,24)(H,22,25)/p+1. The minimum Gasteiger partial charge on any atom is -0.497 e. The minimum absolute atomic E-state index is 0.149. The Labute approximate surface area is 152 Å². The molecule has 0 aliphatic heterocycles. The average Bonchev–Trinajstić information content (AvgIpc) is 2.62. The van der Waals surface area contributed by atoms with Crippen molar-refractivity contribution in [3.63, 3.8) is 0 Å². The van der Waals surface area contributed by atoms with Crippen LogP contribution in [0.5, 0.6) is 5.75 Å². The van der Waals surface area contributed by atoms with Crippen molar-refractivity contribution in [2.24, 2.45) is 0 Å². The van der Waals surface area contributed by atoms with Gasteiger partial charge in [-0.15, -0.1) is 0 Å². The molecule has 3 N–H and O–H groups in total. The fourth-order valence-corrected chi connectivity index (χ4v) is 2.32. The molecule has 0 bridgehead atoms. The van der Waals surface area contributed by atoms with Crippen molar-refractivity contribution in [1.82, 2.24) is 0 Å². The van der Waals surface area contributed by atoms with E-state index in [2.05, 4.69) is 10.6 Å². The summed E-state index contributed by atoms with van der Waals surface area (Å²) >= 11 is 0. The molecule has 134 valence electrons. The maximum absolute atomic E-state index is 12.1. The molecular formula is C19H21N4O3+. The van der Waals surface area contributed by atoms with Gasteiger partial charge in [-0.3, -0.25) is 9.59 Å². The van der Waals surface area contributed by atoms with Crippen LogP contribution >= 0.6 is 0 Å². The first-order valence-electron chi connectivity index (χ1n) is 8.05. The number of amides is 2. The maximum atomic E-state index is 12.1. The van der Waals surface area contributed by atoms with E-state index in [1.54, 1.807) is 62.7 Å². The number of methoxy groups -OCH3 is 1. The smallest absolute Gasteiger partial charge is 0.279 e. The highest BCUT2D eigenvalue weighted by atomic mass is 16.5. The number of benzene rings is 2. The van der Waals surface area contributed by atoms with Crippen LogP contribution in [0.1, 0.15) is 5.56 Å². The summed E-state index contributed by atoms with van der Waals surface area (Å²) in [6.45, 7) is 0.308. The maximum Gasteiger partial charge on any atom is 0.279 e. The Morgan fingerprint density at radius 1 is 0.962 bits per heavy atom. The third-order valence-corrected chi connectivity index (χ3v) is 3.60. The van der Waals surface area contributed by atoms with E-state index in [1.165, 1.54) is 0 Å². The van der Waals surface area contributed by atoms with Gasteiger partial charge in [0.1, 0.15) is 5.75 Å². The SMILES string of the molecule is COc1ccc(NC(=O)C[NH+](C)CC(=O)Nc2ccc(C#N)cc2)cc1. The number of nitrogens with one attached hydrogen (secondary N) is 3. The molecule has 2 rings (SSSR count). The molecule has 2 amide bonds. The van der Waals surface area contributed by atoms with Crippen molar-refractivity contribution in [1.29, 1.82) is 5.26 Å². The largest absolute Gasteiger partial charge is 0.497 e. The van der Waals surface area contributed by atoms with Crippen LogP contribution in [0, 0.1) is 11.3 Å². The van der Waals surface area contributed by atoms with E-state index in [0.29, 0.717) is 22.7 Å². The van der Waals surface area contributed by atoms with Crippen molar-refractivity contribution >= 4 is 23.2 Å². The lowest BCUT2D eigenvalue weighted by Gasteiger charge is -2.14. The van der Waals surface area contributed by atoms with Gasteiger partial charge in [0.05, 0.1) is 25.8 Å². The zero-order valence-corrected chi connectivity index (χ0v) is 14.7. The Bertz CT molecular complexity index is 795. The summed E-state index contributed by atoms with van der Waals surface area (Å²) in [5, 5.41) is 14.3. The van der Waals surface area contributed by atoms with Gasteiger partial charge in [-0.05, 0) is 48.5 Å². The summed E-state index contributed by atoms with van der Waals surface area (Å²) < 4.78 is 5.07. The molecule has 7 heteroatoms. The summed E-state index contributed by atoms with van der Waals surface area (Å²) in [5.74, 6) is 0.327. The number of hydrogen-bond acceptors (Lipinski definition) is 4. The molecule has 7 nitrogen and oxygen atoms in total. The average molecular weight is 353 g/mol. The number of quaternary nitrogens is 1. The monoisotopic (exact) mass is 353 g/mol. The molecule has 0 fully saturated rings. The Hall–Kier alpha value is -3.37. The van der Waals surface area contributed by atoms with Gasteiger partial charge in [-0.2, -0.15) is 5.26 Å². The van der Waals surface area contributed by atoms with Crippen LogP contribution in [-0.2, 0) is 9.59 Å². The second-order valence-corrected chi connectivity index (χ2v) is 5.82. The number of nitriles is 1. The van der Waals surface area contributed by atoms with Crippen LogP contribution in [0.4, 0.5) is 11.4 Å². The zero-order valence-electron chi connectivity index (χ0n) is 14.7. The number of nitrogens with zero attached hydrogens (tertiary/aromatic N) is 1. The molecule has 0 aliphatic carbocycles. The molecule has 1 unspecified atom stereocenters. The highest BCUT2D eigenvalue weighted by Gasteiger charge is 2.14. The van der Waals surface area contributed by atoms with Gasteiger partial charge in [0.2, 0.25) is 0 Å². The quantitative estimate of drug-likeness (QED) is 0.681. The van der Waals surface area contributed by atoms with E-state index in [0.717, 1.165) is 4.90 Å². The van der Waals surface area contributed by atoms with Crippen LogP contribution in [0.3, 0.4) is 0 Å². The molecule has 1 atom stereocenters. The first-order chi connectivity index (χ1) is 12.5. The van der Waals surface area contributed by atoms with Crippen LogP contribution in [0.15, 0.2) is 48.5 Å². The molecule has 0 saturated carbocycles. The van der Waals surface area contributed by atoms with E-state index < -0.39 is 0 Å². The van der Waals surface area contributed by atoms with Crippen LogP contribution in [0.2, 0.25) is 0 Å². The van der Waals surface area contributed by atoms with Crippen LogP contribution < -0.4 is 20.3 Å². The first kappa shape index (κ1) is 19.0. The van der Waals surface area contributed by atoms with E-state index in [-0.39, 0.29) is 24.9 Å². The summed E-state index contributed by atoms with van der Waals surface area (Å²) in [6.07, 6.45) is 0. The number of carbonyl (C=O) groups excluding carboxylic acids is 2. The van der Waals surface area contributed by atoms with Gasteiger partial charge in [-0.1, -0.05) is 0 Å². The Balaban J connectivity index is 1.78. The third kappa shape index (κ3) is 5.92. The number of rotatable bonds is 7. The molecule has 0 aromatic heterocycles. The Kier molecular flexibility index (Phi) is 6.71. The fraction of sp³-hybridized carbons (Fsp3) is 0.211. The van der Waals surface area contributed by atoms with Crippen LogP contribution in [0.25, 0.3) is 0 Å². The number of ether oxygens (including phenoxy) is 1. The summed E-state index contributed by atoms with van der Waals surface area (Å²) in [5.41, 5.74) is 1.82. The van der Waals surface area contributed by atoms with Crippen molar-refractivity contribution in [3.8, 4) is 11.8 Å². The van der Waals surface area contributed by atoms with Gasteiger partial charge in [0, 0.05) is 11.4 Å². The van der Waals surface area contributed by atoms with E-state index in [1.807, 2.05) is 6.07 Å². The van der Waals surface area contributed by atoms with Gasteiger partial charge < -0.3 is 20.3 Å². The number of likely N-dealkylation sites (N-methyl/N-ethyl adjacent to an activating group) is 1. The van der Waals surface area contributed by atoms with Gasteiger partial charge in [-0.25, -0.2) is 0 Å². The predicted octanol–water partition coefficient (Wildman–Crippen LogP) is 0.659. The molecule has 0 saturated heterocycles. The van der Waals surface area contributed by atoms with Crippen molar-refractivity contribution < 1.29 is 19.2 Å². The van der Waals surface area contributed by atoms with E-state index in [4.69, 9.17) is 10.00 Å². The van der Waals surface area contributed by atoms with Crippen molar-refractivity contribution in [2.45, 2.75) is 0 Å². The van der Waals surface area contributed by atoms with E-state index in [9.17, 15) is 9.59 Å². The zero-order chi connectivity index (χ0) is 18.9. The minimum atomic E-state index is -0.204. The van der Waals surface area contributed by atoms with Crippen LogP contribution in [-0.4, -0.2) is 39.1 Å². The lowest BCUT2D eigenvalue weighted by molar-refractivity contribution is -0.862. The Morgan fingerprint density at radius 3 is 1.85 bits per heavy atom. The molecular weight excluding hydrogens is 332 g/mol. The second kappa shape index (κ2) is 9.20. The number of carbonyl (C=O) groups is 2. The molecule has 26 heavy (non-hydrogen) atoms. The normalized spacial score (nSPS) is 11.1. The van der Waals surface area contributed by atoms with Gasteiger partial charge in [0.15, 0.2) is 13.1 Å². The highest BCUT2D eigenvalue weighted by molar-refractivity contribution is 5.93. The molecule has 0 aliphatic rings. The number of hydrogen-bond donors (Lipinski definition) is 3. The summed E-state index contributed by atoms with van der Waals surface area (Å²) in [7, 11) is 3.35. The molecule has 0 heterocycles.